The largest absolute Gasteiger partial charge is 0.484 e. The maximum atomic E-state index is 12.3. The summed E-state index contributed by atoms with van der Waals surface area (Å²) in [5, 5.41) is 5.25. The summed E-state index contributed by atoms with van der Waals surface area (Å²) in [6, 6.07) is 21.1. The van der Waals surface area contributed by atoms with Crippen molar-refractivity contribution in [2.24, 2.45) is 0 Å². The van der Waals surface area contributed by atoms with Gasteiger partial charge in [-0.05, 0) is 41.0 Å². The van der Waals surface area contributed by atoms with Crippen LogP contribution in [0.15, 0.2) is 66.7 Å². The van der Waals surface area contributed by atoms with E-state index < -0.39 is 0 Å². The van der Waals surface area contributed by atoms with Gasteiger partial charge in [0, 0.05) is 0 Å². The predicted molar refractivity (Wildman–Crippen MR) is 108 cm³/mol. The van der Waals surface area contributed by atoms with E-state index in [9.17, 15) is 9.59 Å². The Balaban J connectivity index is 1.56. The number of carbonyl (C=O) groups excluding carboxylic acids is 2. The zero-order valence-electron chi connectivity index (χ0n) is 16.0. The Hall–Kier alpha value is -3.34. The monoisotopic (exact) mass is 377 g/mol. The number of ether oxygens (including phenoxy) is 2. The van der Waals surface area contributed by atoms with Crippen molar-refractivity contribution in [3.63, 3.8) is 0 Å². The van der Waals surface area contributed by atoms with E-state index >= 15 is 0 Å². The number of fused-ring (bicyclic) bond motifs is 1. The molecule has 0 saturated heterocycles. The van der Waals surface area contributed by atoms with E-state index in [1.807, 2.05) is 31.2 Å². The Morgan fingerprint density at radius 3 is 2.43 bits per heavy atom. The maximum absolute atomic E-state index is 12.3. The van der Waals surface area contributed by atoms with Crippen molar-refractivity contribution in [3.05, 3.63) is 77.9 Å². The molecule has 0 spiro atoms. The first-order valence-corrected chi connectivity index (χ1v) is 9.12. The highest BCUT2D eigenvalue weighted by Gasteiger charge is 2.13. The Labute approximate surface area is 164 Å². The van der Waals surface area contributed by atoms with Crippen LogP contribution in [0.25, 0.3) is 10.8 Å². The molecule has 3 rings (SSSR count). The van der Waals surface area contributed by atoms with E-state index in [2.05, 4.69) is 28.3 Å². The molecular weight excluding hydrogens is 354 g/mol. The number of esters is 1. The summed E-state index contributed by atoms with van der Waals surface area (Å²) in [4.78, 5) is 23.6. The van der Waals surface area contributed by atoms with Crippen molar-refractivity contribution in [1.82, 2.24) is 5.32 Å². The lowest BCUT2D eigenvalue weighted by molar-refractivity contribution is -0.139. The second-order valence-electron chi connectivity index (χ2n) is 6.54. The van der Waals surface area contributed by atoms with Crippen molar-refractivity contribution in [2.45, 2.75) is 19.4 Å². The number of hydrogen-bond donors (Lipinski definition) is 1. The highest BCUT2D eigenvalue weighted by Crippen LogP contribution is 2.24. The number of hydrogen-bond acceptors (Lipinski definition) is 4. The molecule has 144 valence electrons. The number of methoxy groups -OCH3 is 1. The molecule has 28 heavy (non-hydrogen) atoms. The smallest absolute Gasteiger partial charge is 0.309 e. The van der Waals surface area contributed by atoms with Crippen molar-refractivity contribution in [3.8, 4) is 5.75 Å². The first-order valence-electron chi connectivity index (χ1n) is 9.12. The lowest BCUT2D eigenvalue weighted by Crippen LogP contribution is -2.31. The van der Waals surface area contributed by atoms with Gasteiger partial charge in [0.05, 0.1) is 19.6 Å². The molecule has 0 bridgehead atoms. The third-order valence-corrected chi connectivity index (χ3v) is 4.54. The number of nitrogens with one attached hydrogen (secondary N) is 1. The maximum Gasteiger partial charge on any atom is 0.309 e. The van der Waals surface area contributed by atoms with Crippen molar-refractivity contribution in [2.75, 3.05) is 13.7 Å². The van der Waals surface area contributed by atoms with Crippen LogP contribution in [-0.4, -0.2) is 25.6 Å². The van der Waals surface area contributed by atoms with Crippen LogP contribution in [0.3, 0.4) is 0 Å². The quantitative estimate of drug-likeness (QED) is 0.636. The van der Waals surface area contributed by atoms with Gasteiger partial charge in [0.2, 0.25) is 0 Å². The van der Waals surface area contributed by atoms with Gasteiger partial charge in [-0.2, -0.15) is 0 Å². The average molecular weight is 377 g/mol. The number of amides is 1. The summed E-state index contributed by atoms with van der Waals surface area (Å²) in [6.45, 7) is 1.88. The minimum Gasteiger partial charge on any atom is -0.484 e. The van der Waals surface area contributed by atoms with Crippen molar-refractivity contribution >= 4 is 22.6 Å². The zero-order valence-corrected chi connectivity index (χ0v) is 16.0. The van der Waals surface area contributed by atoms with Crippen LogP contribution in [0.1, 0.15) is 24.1 Å². The van der Waals surface area contributed by atoms with Gasteiger partial charge in [-0.1, -0.05) is 54.6 Å². The van der Waals surface area contributed by atoms with Gasteiger partial charge in [-0.15, -0.1) is 0 Å². The fourth-order valence-corrected chi connectivity index (χ4v) is 3.08. The van der Waals surface area contributed by atoms with Crippen LogP contribution in [0, 0.1) is 0 Å². The van der Waals surface area contributed by atoms with Crippen LogP contribution in [0.5, 0.6) is 5.75 Å². The summed E-state index contributed by atoms with van der Waals surface area (Å²) in [5.41, 5.74) is 1.90. The summed E-state index contributed by atoms with van der Waals surface area (Å²) < 4.78 is 10.2. The highest BCUT2D eigenvalue weighted by molar-refractivity contribution is 5.87. The molecule has 5 nitrogen and oxygen atoms in total. The Bertz CT molecular complexity index is 961. The van der Waals surface area contributed by atoms with E-state index in [1.54, 1.807) is 24.3 Å². The van der Waals surface area contributed by atoms with Crippen molar-refractivity contribution in [1.29, 1.82) is 0 Å². The van der Waals surface area contributed by atoms with Gasteiger partial charge in [0.1, 0.15) is 5.75 Å². The lowest BCUT2D eigenvalue weighted by atomic mass is 10.00. The third-order valence-electron chi connectivity index (χ3n) is 4.54. The number of carbonyl (C=O) groups is 2. The molecular formula is C23H23NO4. The van der Waals surface area contributed by atoms with Crippen LogP contribution in [-0.2, 0) is 20.7 Å². The van der Waals surface area contributed by atoms with E-state index in [4.69, 9.17) is 4.74 Å². The second-order valence-corrected chi connectivity index (χ2v) is 6.54. The second kappa shape index (κ2) is 9.04. The first kappa shape index (κ1) is 19.4. The predicted octanol–water partition coefficient (Wildman–Crippen LogP) is 3.81. The molecule has 0 aliphatic carbocycles. The third kappa shape index (κ3) is 4.88. The SMILES string of the molecule is COC(=O)Cc1ccc(OCC(=O)NC(C)c2cccc3ccccc23)cc1. The molecule has 0 fully saturated rings. The average Bonchev–Trinajstić information content (AvgIpc) is 2.72. The van der Waals surface area contributed by atoms with Crippen molar-refractivity contribution < 1.29 is 19.1 Å². The molecule has 0 aliphatic rings. The molecule has 1 unspecified atom stereocenters. The molecule has 1 amide bonds. The highest BCUT2D eigenvalue weighted by atomic mass is 16.5. The normalized spacial score (nSPS) is 11.6. The lowest BCUT2D eigenvalue weighted by Gasteiger charge is -2.17. The summed E-state index contributed by atoms with van der Waals surface area (Å²) >= 11 is 0. The topological polar surface area (TPSA) is 64.6 Å². The van der Waals surface area contributed by atoms with Gasteiger partial charge in [-0.25, -0.2) is 0 Å². The molecule has 1 atom stereocenters. The minimum atomic E-state index is -0.296. The Kier molecular flexibility index (Phi) is 6.27. The number of benzene rings is 3. The van der Waals surface area contributed by atoms with Crippen LogP contribution >= 0.6 is 0 Å². The zero-order chi connectivity index (χ0) is 19.9. The van der Waals surface area contributed by atoms with Gasteiger partial charge in [0.15, 0.2) is 6.61 Å². The number of rotatable bonds is 7. The van der Waals surface area contributed by atoms with Crippen LogP contribution in [0.4, 0.5) is 0 Å². The van der Waals surface area contributed by atoms with E-state index in [1.165, 1.54) is 7.11 Å². The molecule has 0 radical (unpaired) electrons. The van der Waals surface area contributed by atoms with Crippen LogP contribution in [0.2, 0.25) is 0 Å². The van der Waals surface area contributed by atoms with E-state index in [-0.39, 0.29) is 30.9 Å². The molecule has 5 heteroatoms. The fourth-order valence-electron chi connectivity index (χ4n) is 3.08. The molecule has 0 heterocycles. The van der Waals surface area contributed by atoms with E-state index in [0.29, 0.717) is 5.75 Å². The summed E-state index contributed by atoms with van der Waals surface area (Å²) in [7, 11) is 1.36. The molecule has 3 aromatic carbocycles. The van der Waals surface area contributed by atoms with Gasteiger partial charge in [0.25, 0.3) is 5.91 Å². The van der Waals surface area contributed by atoms with Gasteiger partial charge >= 0.3 is 5.97 Å². The molecule has 1 N–H and O–H groups in total. The standard InChI is InChI=1S/C23H23NO4/c1-16(20-9-5-7-18-6-3-4-8-21(18)20)24-22(25)15-28-19-12-10-17(11-13-19)14-23(26)27-2/h3-13,16H,14-15H2,1-2H3,(H,24,25). The molecule has 0 aliphatic heterocycles. The minimum absolute atomic E-state index is 0.0779. The first-order chi connectivity index (χ1) is 13.6. The summed E-state index contributed by atoms with van der Waals surface area (Å²) in [5.74, 6) is 0.0797. The summed E-state index contributed by atoms with van der Waals surface area (Å²) in [6.07, 6.45) is 0.208. The molecule has 0 saturated carbocycles. The fraction of sp³-hybridized carbons (Fsp3) is 0.217. The van der Waals surface area contributed by atoms with Crippen LogP contribution < -0.4 is 10.1 Å². The molecule has 0 aromatic heterocycles. The Morgan fingerprint density at radius 2 is 1.68 bits per heavy atom. The van der Waals surface area contributed by atoms with Gasteiger partial charge < -0.3 is 14.8 Å². The molecule has 3 aromatic rings. The van der Waals surface area contributed by atoms with Gasteiger partial charge in [-0.3, -0.25) is 9.59 Å². The van der Waals surface area contributed by atoms with E-state index in [0.717, 1.165) is 21.9 Å². The Morgan fingerprint density at radius 1 is 0.964 bits per heavy atom.